The molecule has 0 aliphatic heterocycles. The van der Waals surface area contributed by atoms with Gasteiger partial charge in [0.2, 0.25) is 0 Å². The van der Waals surface area contributed by atoms with E-state index in [2.05, 4.69) is 4.74 Å². The van der Waals surface area contributed by atoms with E-state index >= 15 is 0 Å². The van der Waals surface area contributed by atoms with Gasteiger partial charge in [0.15, 0.2) is 0 Å². The van der Waals surface area contributed by atoms with Crippen LogP contribution in [0.1, 0.15) is 20.3 Å². The Morgan fingerprint density at radius 3 is 2.43 bits per heavy atom. The van der Waals surface area contributed by atoms with Crippen LogP contribution in [0, 0.1) is 0 Å². The molecule has 0 spiro atoms. The van der Waals surface area contributed by atoms with Gasteiger partial charge in [0, 0.05) is 0 Å². The van der Waals surface area contributed by atoms with E-state index in [9.17, 15) is 9.59 Å². The van der Waals surface area contributed by atoms with Gasteiger partial charge in [0.25, 0.3) is 0 Å². The van der Waals surface area contributed by atoms with Gasteiger partial charge in [-0.05, 0) is 19.4 Å². The Morgan fingerprint density at radius 1 is 1.36 bits per heavy atom. The smallest absolute Gasteiger partial charge is 0.345 e. The second-order valence-corrected chi connectivity index (χ2v) is 2.44. The second kappa shape index (κ2) is 6.88. The van der Waals surface area contributed by atoms with Gasteiger partial charge in [0.1, 0.15) is 5.57 Å². The highest BCUT2D eigenvalue weighted by Gasteiger charge is 2.16. The highest BCUT2D eigenvalue weighted by Crippen LogP contribution is 1.99. The summed E-state index contributed by atoms with van der Waals surface area (Å²) in [5, 5.41) is 8.67. The summed E-state index contributed by atoms with van der Waals surface area (Å²) >= 11 is 0. The molecular weight excluding hydrogens is 184 g/mol. The fourth-order valence-electron chi connectivity index (χ4n) is 0.736. The molecule has 0 rings (SSSR count). The molecule has 0 aliphatic rings. The summed E-state index contributed by atoms with van der Waals surface area (Å²) in [5.41, 5.74) is -0.350. The predicted molar refractivity (Wildman–Crippen MR) is 51.8 cm³/mol. The van der Waals surface area contributed by atoms with E-state index in [4.69, 9.17) is 5.11 Å². The van der Waals surface area contributed by atoms with E-state index in [1.165, 1.54) is 12.2 Å². The standard InChI is InChI=1S/C10H14O4/c1-3-5-6-7-8(9(11)12)10(13)14-4-2/h5-7H,3-4H2,1-2H3,(H,11,12). The van der Waals surface area contributed by atoms with Crippen LogP contribution in [0.5, 0.6) is 0 Å². The molecule has 0 fully saturated rings. The van der Waals surface area contributed by atoms with Crippen LogP contribution < -0.4 is 0 Å². The Balaban J connectivity index is 4.59. The highest BCUT2D eigenvalue weighted by molar-refractivity contribution is 6.13. The van der Waals surface area contributed by atoms with Gasteiger partial charge in [-0.2, -0.15) is 0 Å². The van der Waals surface area contributed by atoms with Gasteiger partial charge in [-0.1, -0.05) is 19.1 Å². The van der Waals surface area contributed by atoms with Crippen molar-refractivity contribution >= 4 is 11.9 Å². The number of carbonyl (C=O) groups excluding carboxylic acids is 1. The van der Waals surface area contributed by atoms with Crippen molar-refractivity contribution in [3.8, 4) is 0 Å². The van der Waals surface area contributed by atoms with Crippen LogP contribution in [-0.2, 0) is 14.3 Å². The van der Waals surface area contributed by atoms with Gasteiger partial charge in [-0.25, -0.2) is 9.59 Å². The molecule has 1 N–H and O–H groups in total. The lowest BCUT2D eigenvalue weighted by molar-refractivity contribution is -0.143. The third kappa shape index (κ3) is 4.45. The molecule has 4 nitrogen and oxygen atoms in total. The summed E-state index contributed by atoms with van der Waals surface area (Å²) < 4.78 is 4.57. The van der Waals surface area contributed by atoms with Crippen molar-refractivity contribution in [2.45, 2.75) is 20.3 Å². The number of hydrogen-bond donors (Lipinski definition) is 1. The van der Waals surface area contributed by atoms with Crippen molar-refractivity contribution in [3.05, 3.63) is 23.8 Å². The third-order valence-corrected chi connectivity index (χ3v) is 1.36. The van der Waals surface area contributed by atoms with Crippen molar-refractivity contribution in [2.75, 3.05) is 6.61 Å². The maximum atomic E-state index is 11.1. The van der Waals surface area contributed by atoms with Crippen molar-refractivity contribution in [3.63, 3.8) is 0 Å². The van der Waals surface area contributed by atoms with Gasteiger partial charge in [-0.3, -0.25) is 0 Å². The number of allylic oxidation sites excluding steroid dienone is 3. The zero-order chi connectivity index (χ0) is 11.0. The summed E-state index contributed by atoms with van der Waals surface area (Å²) in [6.45, 7) is 3.70. The van der Waals surface area contributed by atoms with Gasteiger partial charge < -0.3 is 9.84 Å². The number of rotatable bonds is 5. The first-order chi connectivity index (χ1) is 6.63. The molecule has 4 heteroatoms. The Bertz CT molecular complexity index is 263. The van der Waals surface area contributed by atoms with E-state index in [1.54, 1.807) is 13.0 Å². The molecule has 0 aromatic rings. The largest absolute Gasteiger partial charge is 0.477 e. The summed E-state index contributed by atoms with van der Waals surface area (Å²) in [6.07, 6.45) is 5.30. The Kier molecular flexibility index (Phi) is 6.11. The molecule has 78 valence electrons. The molecule has 0 saturated carbocycles. The lowest BCUT2D eigenvalue weighted by Crippen LogP contribution is -2.15. The maximum absolute atomic E-state index is 11.1. The SMILES string of the molecule is CCC=CC=C(C(=O)O)C(=O)OCC. The van der Waals surface area contributed by atoms with Crippen LogP contribution in [0.3, 0.4) is 0 Å². The summed E-state index contributed by atoms with van der Waals surface area (Å²) in [5.74, 6) is -2.08. The summed E-state index contributed by atoms with van der Waals surface area (Å²) in [4.78, 5) is 21.7. The number of carboxylic acids is 1. The normalized spacial score (nSPS) is 11.7. The molecular formula is C10H14O4. The average molecular weight is 198 g/mol. The van der Waals surface area contributed by atoms with Crippen molar-refractivity contribution < 1.29 is 19.4 Å². The molecule has 0 atom stereocenters. The number of carboxylic acid groups (broad SMARTS) is 1. The number of carbonyl (C=O) groups is 2. The maximum Gasteiger partial charge on any atom is 0.345 e. The molecule has 0 aliphatic carbocycles. The first-order valence-corrected chi connectivity index (χ1v) is 4.40. The van der Waals surface area contributed by atoms with Crippen LogP contribution >= 0.6 is 0 Å². The predicted octanol–water partition coefficient (Wildman–Crippen LogP) is 1.53. The molecule has 0 bridgehead atoms. The molecule has 0 aromatic heterocycles. The van der Waals surface area contributed by atoms with Gasteiger partial charge >= 0.3 is 11.9 Å². The number of esters is 1. The lowest BCUT2D eigenvalue weighted by Gasteiger charge is -2.00. The van der Waals surface area contributed by atoms with Crippen LogP contribution in [0.2, 0.25) is 0 Å². The zero-order valence-corrected chi connectivity index (χ0v) is 8.32. The minimum absolute atomic E-state index is 0.168. The van der Waals surface area contributed by atoms with E-state index in [0.717, 1.165) is 6.42 Å². The van der Waals surface area contributed by atoms with E-state index < -0.39 is 11.9 Å². The third-order valence-electron chi connectivity index (χ3n) is 1.36. The monoisotopic (exact) mass is 198 g/mol. The van der Waals surface area contributed by atoms with E-state index in [-0.39, 0.29) is 12.2 Å². The fourth-order valence-corrected chi connectivity index (χ4v) is 0.736. The van der Waals surface area contributed by atoms with Crippen molar-refractivity contribution in [1.29, 1.82) is 0 Å². The molecule has 0 aromatic carbocycles. The minimum Gasteiger partial charge on any atom is -0.477 e. The molecule has 0 radical (unpaired) electrons. The fraction of sp³-hybridized carbons (Fsp3) is 0.400. The van der Waals surface area contributed by atoms with E-state index in [0.29, 0.717) is 0 Å². The van der Waals surface area contributed by atoms with Gasteiger partial charge in [-0.15, -0.1) is 0 Å². The Morgan fingerprint density at radius 2 is 2.00 bits per heavy atom. The number of ether oxygens (including phenoxy) is 1. The van der Waals surface area contributed by atoms with E-state index in [1.807, 2.05) is 6.92 Å². The van der Waals surface area contributed by atoms with Crippen molar-refractivity contribution in [2.24, 2.45) is 0 Å². The molecule has 14 heavy (non-hydrogen) atoms. The minimum atomic E-state index is -1.27. The first-order valence-electron chi connectivity index (χ1n) is 4.40. The van der Waals surface area contributed by atoms with Crippen molar-refractivity contribution in [1.82, 2.24) is 0 Å². The average Bonchev–Trinajstić information content (AvgIpc) is 2.12. The topological polar surface area (TPSA) is 63.6 Å². The number of aliphatic carboxylic acids is 1. The molecule has 0 amide bonds. The lowest BCUT2D eigenvalue weighted by atomic mass is 10.2. The molecule has 0 unspecified atom stereocenters. The Hall–Kier alpha value is -1.58. The number of hydrogen-bond acceptors (Lipinski definition) is 3. The zero-order valence-electron chi connectivity index (χ0n) is 8.32. The van der Waals surface area contributed by atoms with Crippen LogP contribution in [-0.4, -0.2) is 23.7 Å². The van der Waals surface area contributed by atoms with Crippen LogP contribution in [0.4, 0.5) is 0 Å². The first kappa shape index (κ1) is 12.4. The highest BCUT2D eigenvalue weighted by atomic mass is 16.5. The molecule has 0 saturated heterocycles. The Labute approximate surface area is 82.9 Å². The van der Waals surface area contributed by atoms with Gasteiger partial charge in [0.05, 0.1) is 6.61 Å². The van der Waals surface area contributed by atoms with Crippen LogP contribution in [0.15, 0.2) is 23.8 Å². The summed E-state index contributed by atoms with van der Waals surface area (Å²) in [6, 6.07) is 0. The summed E-state index contributed by atoms with van der Waals surface area (Å²) in [7, 11) is 0. The second-order valence-electron chi connectivity index (χ2n) is 2.44. The molecule has 0 heterocycles. The van der Waals surface area contributed by atoms with Crippen LogP contribution in [0.25, 0.3) is 0 Å². The quantitative estimate of drug-likeness (QED) is 0.239.